The van der Waals surface area contributed by atoms with Crippen molar-refractivity contribution in [1.29, 1.82) is 0 Å². The maximum absolute atomic E-state index is 2.51. The maximum Gasteiger partial charge on any atom is -0.0384 e. The highest BCUT2D eigenvalue weighted by Gasteiger charge is 2.25. The summed E-state index contributed by atoms with van der Waals surface area (Å²) in [5, 5.41) is 0. The molecule has 0 N–H and O–H groups in total. The van der Waals surface area contributed by atoms with Crippen LogP contribution < -0.4 is 0 Å². The molecule has 37 heavy (non-hydrogen) atoms. The summed E-state index contributed by atoms with van der Waals surface area (Å²) in [4.78, 5) is 0. The van der Waals surface area contributed by atoms with Crippen LogP contribution in [0.4, 0.5) is 0 Å². The van der Waals surface area contributed by atoms with Crippen molar-refractivity contribution in [2.24, 2.45) is 41.4 Å². The van der Waals surface area contributed by atoms with Gasteiger partial charge in [-0.05, 0) is 54.3 Å². The molecule has 0 heterocycles. The molecule has 5 unspecified atom stereocenters. The van der Waals surface area contributed by atoms with E-state index in [0.29, 0.717) is 0 Å². The maximum atomic E-state index is 2.51. The van der Waals surface area contributed by atoms with Crippen molar-refractivity contribution in [1.82, 2.24) is 0 Å². The molecule has 0 saturated heterocycles. The third-order valence-electron chi connectivity index (χ3n) is 6.71. The molecule has 236 valence electrons. The molecule has 0 aliphatic heterocycles. The lowest BCUT2D eigenvalue weighted by atomic mass is 9.73. The van der Waals surface area contributed by atoms with Gasteiger partial charge < -0.3 is 0 Å². The van der Waals surface area contributed by atoms with E-state index in [2.05, 4.69) is 90.0 Å². The van der Waals surface area contributed by atoms with Gasteiger partial charge in [-0.15, -0.1) is 0 Å². The van der Waals surface area contributed by atoms with Crippen LogP contribution in [0.3, 0.4) is 0 Å². The Bertz CT molecular complexity index is 290. The topological polar surface area (TPSA) is 0 Å². The van der Waals surface area contributed by atoms with Crippen LogP contribution in [0.2, 0.25) is 0 Å². The third-order valence-corrected chi connectivity index (χ3v) is 6.71. The van der Waals surface area contributed by atoms with Gasteiger partial charge in [0, 0.05) is 0 Å². The molecule has 0 spiro atoms. The van der Waals surface area contributed by atoms with E-state index in [1.165, 1.54) is 57.8 Å². The van der Waals surface area contributed by atoms with Gasteiger partial charge in [0.15, 0.2) is 0 Å². The second-order valence-electron chi connectivity index (χ2n) is 10.7. The van der Waals surface area contributed by atoms with Gasteiger partial charge in [-0.3, -0.25) is 0 Å². The lowest BCUT2D eigenvalue weighted by Gasteiger charge is -2.33. The highest BCUT2D eigenvalue weighted by Crippen LogP contribution is 2.35. The van der Waals surface area contributed by atoms with E-state index < -0.39 is 0 Å². The Balaban J connectivity index is -0.0000000824. The van der Waals surface area contributed by atoms with Crippen molar-refractivity contribution < 1.29 is 0 Å². The van der Waals surface area contributed by atoms with E-state index in [0.717, 1.165) is 41.4 Å². The van der Waals surface area contributed by atoms with Gasteiger partial charge in [-0.2, -0.15) is 0 Å². The molecule has 0 heteroatoms. The van der Waals surface area contributed by atoms with E-state index in [1.54, 1.807) is 0 Å². The molecule has 0 saturated carbocycles. The van der Waals surface area contributed by atoms with Crippen LogP contribution in [0.15, 0.2) is 0 Å². The molecule has 0 amide bonds. The second kappa shape index (κ2) is 49.0. The van der Waals surface area contributed by atoms with E-state index in [4.69, 9.17) is 0 Å². The quantitative estimate of drug-likeness (QED) is 0.221. The average Bonchev–Trinajstić information content (AvgIpc) is 2.91. The molecule has 0 fully saturated rings. The van der Waals surface area contributed by atoms with Gasteiger partial charge in [-0.25, -0.2) is 0 Å². The summed E-state index contributed by atoms with van der Waals surface area (Å²) in [7, 11) is 0. The molecule has 5 atom stereocenters. The fraction of sp³-hybridized carbons (Fsp3) is 1.00. The van der Waals surface area contributed by atoms with Crippen LogP contribution in [0.1, 0.15) is 203 Å². The zero-order chi connectivity index (χ0) is 31.4. The van der Waals surface area contributed by atoms with Crippen molar-refractivity contribution >= 4 is 0 Å². The average molecular weight is 533 g/mol. The Morgan fingerprint density at radius 2 is 0.838 bits per heavy atom. The first-order valence-corrected chi connectivity index (χ1v) is 17.6. The van der Waals surface area contributed by atoms with Crippen LogP contribution in [0, 0.1) is 41.4 Å². The van der Waals surface area contributed by atoms with Gasteiger partial charge in [-0.1, -0.05) is 190 Å². The smallest absolute Gasteiger partial charge is 0.0384 e. The highest BCUT2D eigenvalue weighted by atomic mass is 14.3. The van der Waals surface area contributed by atoms with Crippen molar-refractivity contribution in [2.45, 2.75) is 203 Å². The summed E-state index contributed by atoms with van der Waals surface area (Å²) in [6.07, 6.45) is 12.3. The van der Waals surface area contributed by atoms with E-state index in [9.17, 15) is 0 Å². The molecule has 0 aromatic heterocycles. The first-order chi connectivity index (χ1) is 17.6. The fourth-order valence-electron chi connectivity index (χ4n) is 4.28. The number of rotatable bonds is 13. The SMILES string of the molecule is CC.CC.CC.CC.CCC.CCCC(C)CC.CCCC(CC(C)C(CC)CC(C)C)C(C)C(C)C. The Morgan fingerprint density at radius 1 is 0.459 bits per heavy atom. The van der Waals surface area contributed by atoms with E-state index in [-0.39, 0.29) is 0 Å². The number of hydrogen-bond acceptors (Lipinski definition) is 0. The van der Waals surface area contributed by atoms with Gasteiger partial charge in [0.25, 0.3) is 0 Å². The van der Waals surface area contributed by atoms with E-state index in [1.807, 2.05) is 55.4 Å². The molecule has 0 rings (SSSR count). The van der Waals surface area contributed by atoms with E-state index >= 15 is 0 Å². The predicted octanol–water partition coefficient (Wildman–Crippen LogP) is 15.1. The van der Waals surface area contributed by atoms with Crippen LogP contribution >= 0.6 is 0 Å². The molecular formula is C37H88. The normalized spacial score (nSPS) is 13.4. The standard InChI is InChI=1S/C19H40.C7H16.C3H8.4C2H6/c1-9-11-19(17(8)15(5)6)13-16(7)18(10-2)12-14(3)4;1-4-6-7(3)5-2;1-3-2;4*1-2/h14-19H,9-13H2,1-8H3;7H,4-6H2,1-3H3;3H2,1-2H3;4*1-2H3. The molecule has 0 aromatic rings. The minimum atomic E-state index is 0.828. The Kier molecular flexibility index (Phi) is 70.6. The predicted molar refractivity (Wildman–Crippen MR) is 185 cm³/mol. The summed E-state index contributed by atoms with van der Waals surface area (Å²) in [6.45, 7) is 46.3. The molecule has 0 radical (unpaired) electrons. The Morgan fingerprint density at radius 3 is 1.05 bits per heavy atom. The lowest BCUT2D eigenvalue weighted by molar-refractivity contribution is 0.177. The van der Waals surface area contributed by atoms with Crippen molar-refractivity contribution in [3.05, 3.63) is 0 Å². The monoisotopic (exact) mass is 533 g/mol. The van der Waals surface area contributed by atoms with Crippen molar-refractivity contribution in [3.63, 3.8) is 0 Å². The van der Waals surface area contributed by atoms with Gasteiger partial charge in [0.05, 0.1) is 0 Å². The zero-order valence-electron chi connectivity index (χ0n) is 31.4. The van der Waals surface area contributed by atoms with Gasteiger partial charge in [0.1, 0.15) is 0 Å². The second-order valence-corrected chi connectivity index (χ2v) is 10.7. The van der Waals surface area contributed by atoms with Crippen molar-refractivity contribution in [3.8, 4) is 0 Å². The first-order valence-electron chi connectivity index (χ1n) is 17.6. The van der Waals surface area contributed by atoms with Crippen LogP contribution in [-0.2, 0) is 0 Å². The fourth-order valence-corrected chi connectivity index (χ4v) is 4.28. The summed E-state index contributed by atoms with van der Waals surface area (Å²) in [6, 6.07) is 0. The molecule has 0 nitrogen and oxygen atoms in total. The van der Waals surface area contributed by atoms with Crippen LogP contribution in [0.5, 0.6) is 0 Å². The zero-order valence-corrected chi connectivity index (χ0v) is 31.4. The third kappa shape index (κ3) is 46.2. The first kappa shape index (κ1) is 53.3. The van der Waals surface area contributed by atoms with Gasteiger partial charge in [0.2, 0.25) is 0 Å². The Hall–Kier alpha value is 0. The number of hydrogen-bond donors (Lipinski definition) is 0. The van der Waals surface area contributed by atoms with Gasteiger partial charge >= 0.3 is 0 Å². The molecule has 0 aromatic carbocycles. The molecule has 0 aliphatic carbocycles. The molecule has 0 bridgehead atoms. The highest BCUT2D eigenvalue weighted by molar-refractivity contribution is 4.75. The minimum Gasteiger partial charge on any atom is -0.0683 e. The summed E-state index contributed by atoms with van der Waals surface area (Å²) in [5.74, 6) is 6.25. The summed E-state index contributed by atoms with van der Waals surface area (Å²) in [5.41, 5.74) is 0. The summed E-state index contributed by atoms with van der Waals surface area (Å²) < 4.78 is 0. The minimum absolute atomic E-state index is 0.828. The largest absolute Gasteiger partial charge is 0.0683 e. The molecular weight excluding hydrogens is 444 g/mol. The van der Waals surface area contributed by atoms with Crippen molar-refractivity contribution in [2.75, 3.05) is 0 Å². The Labute approximate surface area is 244 Å². The lowest BCUT2D eigenvalue weighted by Crippen LogP contribution is -2.23. The summed E-state index contributed by atoms with van der Waals surface area (Å²) >= 11 is 0. The van der Waals surface area contributed by atoms with Crippen LogP contribution in [-0.4, -0.2) is 0 Å². The molecule has 0 aliphatic rings. The van der Waals surface area contributed by atoms with Crippen LogP contribution in [0.25, 0.3) is 0 Å².